The normalized spacial score (nSPS) is 14.8. The number of hydrogen-bond acceptors (Lipinski definition) is 3. The van der Waals surface area contributed by atoms with Crippen molar-refractivity contribution in [2.24, 2.45) is 5.10 Å². The summed E-state index contributed by atoms with van der Waals surface area (Å²) >= 11 is 11.8. The van der Waals surface area contributed by atoms with Crippen LogP contribution in [-0.2, 0) is 4.79 Å². The van der Waals surface area contributed by atoms with Gasteiger partial charge in [0.15, 0.2) is 0 Å². The zero-order chi connectivity index (χ0) is 12.4. The Morgan fingerprint density at radius 3 is 2.82 bits per heavy atom. The molecule has 0 bridgehead atoms. The topological polar surface area (TPSA) is 44.7 Å². The van der Waals surface area contributed by atoms with Gasteiger partial charge in [-0.2, -0.15) is 5.10 Å². The van der Waals surface area contributed by atoms with E-state index in [1.54, 1.807) is 17.1 Å². The van der Waals surface area contributed by atoms with Crippen molar-refractivity contribution >= 4 is 40.6 Å². The fraction of sp³-hybridized carbons (Fsp3) is 0.273. The quantitative estimate of drug-likeness (QED) is 0.854. The zero-order valence-corrected chi connectivity index (χ0v) is 10.7. The maximum absolute atomic E-state index is 10.9. The Hall–Kier alpha value is -1.26. The monoisotopic (exact) mass is 271 g/mol. The van der Waals surface area contributed by atoms with Gasteiger partial charge >= 0.3 is 0 Å². The number of amidine groups is 1. The Morgan fingerprint density at radius 2 is 2.18 bits per heavy atom. The summed E-state index contributed by atoms with van der Waals surface area (Å²) in [6, 6.07) is 5.32. The van der Waals surface area contributed by atoms with Gasteiger partial charge in [-0.25, -0.2) is 0 Å². The number of nitrogens with zero attached hydrogens (tertiary/aromatic N) is 2. The fourth-order valence-electron chi connectivity index (χ4n) is 1.58. The van der Waals surface area contributed by atoms with E-state index in [9.17, 15) is 4.79 Å². The van der Waals surface area contributed by atoms with Gasteiger partial charge in [-0.1, -0.05) is 23.2 Å². The van der Waals surface area contributed by atoms with E-state index in [1.807, 2.05) is 6.07 Å². The average molecular weight is 272 g/mol. The van der Waals surface area contributed by atoms with Gasteiger partial charge in [-0.05, 0) is 18.2 Å². The van der Waals surface area contributed by atoms with Crippen LogP contribution in [0.2, 0.25) is 10.0 Å². The molecule has 0 radical (unpaired) electrons. The highest BCUT2D eigenvalue weighted by molar-refractivity contribution is 6.42. The molecule has 1 aliphatic rings. The molecule has 6 heteroatoms. The Balaban J connectivity index is 2.16. The summed E-state index contributed by atoms with van der Waals surface area (Å²) in [6.07, 6.45) is 0.708. The summed E-state index contributed by atoms with van der Waals surface area (Å²) in [4.78, 5) is 10.9. The molecule has 0 aromatic heterocycles. The molecule has 1 heterocycles. The molecular formula is C11H11Cl2N3O. The van der Waals surface area contributed by atoms with E-state index in [0.29, 0.717) is 28.8 Å². The second kappa shape index (κ2) is 4.94. The van der Waals surface area contributed by atoms with E-state index < -0.39 is 0 Å². The summed E-state index contributed by atoms with van der Waals surface area (Å²) in [7, 11) is 0. The molecular weight excluding hydrogens is 261 g/mol. The number of carbonyl (C=O) groups excluding carboxylic acids is 1. The molecule has 1 N–H and O–H groups in total. The number of hydrogen-bond donors (Lipinski definition) is 1. The molecule has 17 heavy (non-hydrogen) atoms. The minimum Gasteiger partial charge on any atom is -0.313 e. The van der Waals surface area contributed by atoms with Crippen molar-refractivity contribution in [1.82, 2.24) is 5.32 Å². The molecule has 0 spiro atoms. The van der Waals surface area contributed by atoms with Crippen molar-refractivity contribution in [1.29, 1.82) is 0 Å². The standard InChI is InChI=1S/C11H11Cl2N3O/c1-7(17)14-11-4-5-16(15-11)8-2-3-9(12)10(13)6-8/h2-3,6H,4-5H2,1H3,(H,14,15,17). The maximum atomic E-state index is 10.9. The Kier molecular flexibility index (Phi) is 3.54. The van der Waals surface area contributed by atoms with Crippen LogP contribution in [0.4, 0.5) is 5.69 Å². The van der Waals surface area contributed by atoms with E-state index in [-0.39, 0.29) is 5.91 Å². The van der Waals surface area contributed by atoms with Crippen LogP contribution in [0, 0.1) is 0 Å². The van der Waals surface area contributed by atoms with Gasteiger partial charge in [0.05, 0.1) is 15.7 Å². The molecule has 0 atom stereocenters. The highest BCUT2D eigenvalue weighted by atomic mass is 35.5. The van der Waals surface area contributed by atoms with Crippen molar-refractivity contribution in [2.45, 2.75) is 13.3 Å². The molecule has 1 aliphatic heterocycles. The van der Waals surface area contributed by atoms with Crippen molar-refractivity contribution < 1.29 is 4.79 Å². The van der Waals surface area contributed by atoms with Gasteiger partial charge in [0.2, 0.25) is 5.91 Å². The molecule has 90 valence electrons. The summed E-state index contributed by atoms with van der Waals surface area (Å²) < 4.78 is 0. The number of anilines is 1. The largest absolute Gasteiger partial charge is 0.313 e. The fourth-order valence-corrected chi connectivity index (χ4v) is 1.87. The molecule has 1 aromatic carbocycles. The summed E-state index contributed by atoms with van der Waals surface area (Å²) in [5.74, 6) is 0.559. The van der Waals surface area contributed by atoms with E-state index in [4.69, 9.17) is 23.2 Å². The van der Waals surface area contributed by atoms with Crippen molar-refractivity contribution in [2.75, 3.05) is 11.6 Å². The van der Waals surface area contributed by atoms with Crippen LogP contribution < -0.4 is 10.3 Å². The molecule has 0 fully saturated rings. The van der Waals surface area contributed by atoms with Crippen LogP contribution in [0.1, 0.15) is 13.3 Å². The first kappa shape index (κ1) is 12.2. The van der Waals surface area contributed by atoms with Crippen LogP contribution in [0.15, 0.2) is 23.3 Å². The molecule has 4 nitrogen and oxygen atoms in total. The summed E-state index contributed by atoms with van der Waals surface area (Å²) in [5.41, 5.74) is 0.861. The molecule has 0 unspecified atom stereocenters. The van der Waals surface area contributed by atoms with E-state index in [2.05, 4.69) is 10.4 Å². The molecule has 1 amide bonds. The lowest BCUT2D eigenvalue weighted by Crippen LogP contribution is -2.26. The third kappa shape index (κ3) is 2.90. The SMILES string of the molecule is CC(=O)NC1=NN(c2ccc(Cl)c(Cl)c2)CC1. The second-order valence-corrected chi connectivity index (χ2v) is 4.51. The number of amides is 1. The van der Waals surface area contributed by atoms with Crippen LogP contribution in [0.25, 0.3) is 0 Å². The smallest absolute Gasteiger partial charge is 0.222 e. The van der Waals surface area contributed by atoms with Crippen LogP contribution in [0.5, 0.6) is 0 Å². The number of nitrogens with one attached hydrogen (secondary N) is 1. The number of hydrazone groups is 1. The average Bonchev–Trinajstić information content (AvgIpc) is 2.69. The first-order chi connectivity index (χ1) is 8.06. The Morgan fingerprint density at radius 1 is 1.41 bits per heavy atom. The predicted octanol–water partition coefficient (Wildman–Crippen LogP) is 2.65. The predicted molar refractivity (Wildman–Crippen MR) is 69.7 cm³/mol. The molecule has 2 rings (SSSR count). The van der Waals surface area contributed by atoms with Crippen molar-refractivity contribution in [3.8, 4) is 0 Å². The maximum Gasteiger partial charge on any atom is 0.222 e. The van der Waals surface area contributed by atoms with Gasteiger partial charge < -0.3 is 5.32 Å². The van der Waals surface area contributed by atoms with E-state index in [0.717, 1.165) is 5.69 Å². The first-order valence-corrected chi connectivity index (χ1v) is 5.89. The molecule has 0 aliphatic carbocycles. The van der Waals surface area contributed by atoms with Crippen LogP contribution >= 0.6 is 23.2 Å². The number of rotatable bonds is 1. The number of benzene rings is 1. The second-order valence-electron chi connectivity index (χ2n) is 3.70. The van der Waals surface area contributed by atoms with Gasteiger partial charge in [-0.15, -0.1) is 0 Å². The lowest BCUT2D eigenvalue weighted by molar-refractivity contribution is -0.117. The lowest BCUT2D eigenvalue weighted by atomic mass is 10.3. The van der Waals surface area contributed by atoms with Gasteiger partial charge in [0.25, 0.3) is 0 Å². The minimum absolute atomic E-state index is 0.111. The highest BCUT2D eigenvalue weighted by Crippen LogP contribution is 2.28. The Bertz CT molecular complexity index is 488. The zero-order valence-electron chi connectivity index (χ0n) is 9.20. The van der Waals surface area contributed by atoms with Crippen molar-refractivity contribution in [3.63, 3.8) is 0 Å². The van der Waals surface area contributed by atoms with Crippen molar-refractivity contribution in [3.05, 3.63) is 28.2 Å². The third-order valence-electron chi connectivity index (χ3n) is 2.32. The van der Waals surface area contributed by atoms with Gasteiger partial charge in [-0.3, -0.25) is 9.80 Å². The summed E-state index contributed by atoms with van der Waals surface area (Å²) in [6.45, 7) is 2.18. The van der Waals surface area contributed by atoms with E-state index >= 15 is 0 Å². The molecule has 0 saturated heterocycles. The van der Waals surface area contributed by atoms with Gasteiger partial charge in [0, 0.05) is 19.9 Å². The number of carbonyl (C=O) groups is 1. The highest BCUT2D eigenvalue weighted by Gasteiger charge is 2.17. The molecule has 1 aromatic rings. The first-order valence-electron chi connectivity index (χ1n) is 5.14. The summed E-state index contributed by atoms with van der Waals surface area (Å²) in [5, 5.41) is 9.76. The lowest BCUT2D eigenvalue weighted by Gasteiger charge is -2.13. The molecule has 0 saturated carbocycles. The van der Waals surface area contributed by atoms with Gasteiger partial charge in [0.1, 0.15) is 5.84 Å². The Labute approximate surface area is 109 Å². The van der Waals surface area contributed by atoms with Crippen LogP contribution in [-0.4, -0.2) is 18.3 Å². The van der Waals surface area contributed by atoms with Crippen LogP contribution in [0.3, 0.4) is 0 Å². The minimum atomic E-state index is -0.111. The third-order valence-corrected chi connectivity index (χ3v) is 3.06. The number of halogens is 2. The van der Waals surface area contributed by atoms with E-state index in [1.165, 1.54) is 6.92 Å².